The maximum absolute atomic E-state index is 12.8. The lowest BCUT2D eigenvalue weighted by Gasteiger charge is -2.33. The number of nitrogens with one attached hydrogen (secondary N) is 2. The summed E-state index contributed by atoms with van der Waals surface area (Å²) in [7, 11) is 0. The molecule has 192 valence electrons. The van der Waals surface area contributed by atoms with E-state index in [9.17, 15) is 14.7 Å². The van der Waals surface area contributed by atoms with Crippen LogP contribution < -0.4 is 15.5 Å². The number of anilines is 4. The van der Waals surface area contributed by atoms with E-state index in [1.54, 1.807) is 55.4 Å². The minimum Gasteiger partial charge on any atom is -0.465 e. The van der Waals surface area contributed by atoms with Crippen molar-refractivity contribution < 1.29 is 14.7 Å². The molecule has 3 N–H and O–H groups in total. The van der Waals surface area contributed by atoms with Crippen molar-refractivity contribution in [2.75, 3.05) is 41.7 Å². The van der Waals surface area contributed by atoms with E-state index >= 15 is 0 Å². The van der Waals surface area contributed by atoms with Gasteiger partial charge >= 0.3 is 6.09 Å². The van der Waals surface area contributed by atoms with Crippen molar-refractivity contribution in [3.8, 4) is 11.3 Å². The van der Waals surface area contributed by atoms with E-state index in [0.29, 0.717) is 49.2 Å². The molecule has 0 spiro atoms. The number of carbonyl (C=O) groups is 2. The van der Waals surface area contributed by atoms with Crippen LogP contribution in [0.2, 0.25) is 0 Å². The molecule has 0 aliphatic carbocycles. The Morgan fingerprint density at radius 2 is 1.74 bits per heavy atom. The van der Waals surface area contributed by atoms with Crippen LogP contribution in [0.4, 0.5) is 27.9 Å². The molecule has 12 nitrogen and oxygen atoms in total. The number of hydrogen-bond acceptors (Lipinski definition) is 9. The first-order valence-electron chi connectivity index (χ1n) is 12.0. The van der Waals surface area contributed by atoms with Crippen molar-refractivity contribution in [3.63, 3.8) is 0 Å². The van der Waals surface area contributed by atoms with E-state index in [2.05, 4.69) is 30.6 Å². The number of pyridine rings is 3. The van der Waals surface area contributed by atoms with E-state index in [1.807, 2.05) is 23.1 Å². The largest absolute Gasteiger partial charge is 0.465 e. The van der Waals surface area contributed by atoms with Gasteiger partial charge < -0.3 is 25.5 Å². The summed E-state index contributed by atoms with van der Waals surface area (Å²) in [4.78, 5) is 49.1. The van der Waals surface area contributed by atoms with Crippen LogP contribution in [-0.2, 0) is 11.2 Å². The Kier molecular flexibility index (Phi) is 7.30. The zero-order chi connectivity index (χ0) is 26.3. The smallest absolute Gasteiger partial charge is 0.407 e. The number of nitrogens with zero attached hydrogens (tertiary/aromatic N) is 7. The van der Waals surface area contributed by atoms with Crippen LogP contribution >= 0.6 is 0 Å². The Bertz CT molecular complexity index is 1410. The monoisotopic (exact) mass is 511 g/mol. The molecule has 12 heteroatoms. The van der Waals surface area contributed by atoms with E-state index < -0.39 is 6.09 Å². The summed E-state index contributed by atoms with van der Waals surface area (Å²) < 4.78 is 0. The highest BCUT2D eigenvalue weighted by Crippen LogP contribution is 2.28. The molecule has 2 amide bonds. The molecule has 0 radical (unpaired) electrons. The molecule has 0 aromatic carbocycles. The van der Waals surface area contributed by atoms with Gasteiger partial charge in [0.15, 0.2) is 0 Å². The van der Waals surface area contributed by atoms with Gasteiger partial charge in [0, 0.05) is 74.5 Å². The molecular weight excluding hydrogens is 486 g/mol. The Morgan fingerprint density at radius 1 is 0.895 bits per heavy atom. The van der Waals surface area contributed by atoms with Gasteiger partial charge in [-0.25, -0.2) is 19.7 Å². The number of carboxylic acid groups (broad SMARTS) is 1. The zero-order valence-corrected chi connectivity index (χ0v) is 20.4. The molecular formula is C26H25N9O3. The first-order valence-corrected chi connectivity index (χ1v) is 12.0. The van der Waals surface area contributed by atoms with E-state index in [1.165, 1.54) is 4.90 Å². The van der Waals surface area contributed by atoms with Gasteiger partial charge in [0.05, 0.1) is 18.3 Å². The summed E-state index contributed by atoms with van der Waals surface area (Å²) in [5, 5.41) is 15.3. The third-order valence-electron chi connectivity index (χ3n) is 5.93. The average Bonchev–Trinajstić information content (AvgIpc) is 2.94. The minimum atomic E-state index is -0.916. The lowest BCUT2D eigenvalue weighted by Crippen LogP contribution is -2.48. The fourth-order valence-electron chi connectivity index (χ4n) is 4.08. The van der Waals surface area contributed by atoms with Crippen molar-refractivity contribution in [3.05, 3.63) is 79.1 Å². The molecule has 1 aliphatic rings. The van der Waals surface area contributed by atoms with Crippen LogP contribution in [-0.4, -0.2) is 73.1 Å². The minimum absolute atomic E-state index is 0.181. The van der Waals surface area contributed by atoms with Gasteiger partial charge in [0.2, 0.25) is 5.91 Å². The fraction of sp³-hybridized carbons (Fsp3) is 0.192. The Hall–Kier alpha value is -5.13. The second-order valence-electron chi connectivity index (χ2n) is 8.59. The third-order valence-corrected chi connectivity index (χ3v) is 5.93. The molecule has 4 aromatic heterocycles. The Labute approximate surface area is 218 Å². The third kappa shape index (κ3) is 6.16. The predicted molar refractivity (Wildman–Crippen MR) is 141 cm³/mol. The number of hydrogen-bond donors (Lipinski definition) is 3. The molecule has 1 saturated heterocycles. The van der Waals surface area contributed by atoms with Gasteiger partial charge in [0.1, 0.15) is 17.5 Å². The number of rotatable bonds is 7. The molecule has 1 fully saturated rings. The first kappa shape index (κ1) is 24.6. The van der Waals surface area contributed by atoms with Crippen LogP contribution in [0, 0.1) is 0 Å². The SMILES string of the molecule is O=C(Cc1cccnc1)Nc1cc(Nc2cnccn2)nc(-c2ccnc(N3CCN(C(=O)O)CC3)c2)c1. The highest BCUT2D eigenvalue weighted by molar-refractivity contribution is 5.93. The standard InChI is InChI=1S/C26H25N9O3/c36-25(12-18-2-1-4-27-16-18)31-20-14-21(32-22(15-20)33-23-17-28-6-7-29-23)19-3-5-30-24(13-19)34-8-10-35(11-9-34)26(37)38/h1-7,13-17H,8-12H2,(H,37,38)(H2,29,31,32,33,36). The van der Waals surface area contributed by atoms with Gasteiger partial charge in [-0.15, -0.1) is 0 Å². The number of amides is 2. The van der Waals surface area contributed by atoms with E-state index in [4.69, 9.17) is 4.98 Å². The Balaban J connectivity index is 1.41. The first-order chi connectivity index (χ1) is 18.5. The highest BCUT2D eigenvalue weighted by atomic mass is 16.4. The van der Waals surface area contributed by atoms with E-state index in [-0.39, 0.29) is 12.3 Å². The van der Waals surface area contributed by atoms with Crippen molar-refractivity contribution in [1.82, 2.24) is 29.8 Å². The summed E-state index contributed by atoms with van der Waals surface area (Å²) >= 11 is 0. The van der Waals surface area contributed by atoms with Crippen molar-refractivity contribution >= 4 is 35.1 Å². The number of piperazine rings is 1. The van der Waals surface area contributed by atoms with Crippen LogP contribution in [0.15, 0.2) is 73.6 Å². The molecule has 5 heterocycles. The average molecular weight is 512 g/mol. The van der Waals surface area contributed by atoms with Crippen LogP contribution in [0.1, 0.15) is 5.56 Å². The topological polar surface area (TPSA) is 149 Å². The van der Waals surface area contributed by atoms with Gasteiger partial charge in [-0.1, -0.05) is 6.07 Å². The zero-order valence-electron chi connectivity index (χ0n) is 20.4. The number of carbonyl (C=O) groups excluding carboxylic acids is 1. The molecule has 0 bridgehead atoms. The van der Waals surface area contributed by atoms with Gasteiger partial charge in [-0.3, -0.25) is 14.8 Å². The second-order valence-corrected chi connectivity index (χ2v) is 8.59. The maximum atomic E-state index is 12.8. The van der Waals surface area contributed by atoms with Gasteiger partial charge in [-0.2, -0.15) is 0 Å². The summed E-state index contributed by atoms with van der Waals surface area (Å²) in [5.74, 6) is 1.53. The van der Waals surface area contributed by atoms with Crippen molar-refractivity contribution in [1.29, 1.82) is 0 Å². The molecule has 5 rings (SSSR count). The molecule has 0 unspecified atom stereocenters. The molecule has 38 heavy (non-hydrogen) atoms. The van der Waals surface area contributed by atoms with Gasteiger partial charge in [0.25, 0.3) is 0 Å². The van der Waals surface area contributed by atoms with Crippen molar-refractivity contribution in [2.24, 2.45) is 0 Å². The summed E-state index contributed by atoms with van der Waals surface area (Å²) in [6.07, 6.45) is 9.01. The Morgan fingerprint density at radius 3 is 2.47 bits per heavy atom. The molecule has 0 saturated carbocycles. The fourth-order valence-corrected chi connectivity index (χ4v) is 4.08. The summed E-state index contributed by atoms with van der Waals surface area (Å²) in [5.41, 5.74) is 2.77. The molecule has 4 aromatic rings. The lowest BCUT2D eigenvalue weighted by molar-refractivity contribution is -0.115. The lowest BCUT2D eigenvalue weighted by atomic mass is 10.1. The van der Waals surface area contributed by atoms with Crippen LogP contribution in [0.25, 0.3) is 11.3 Å². The number of aromatic nitrogens is 5. The second kappa shape index (κ2) is 11.3. The van der Waals surface area contributed by atoms with E-state index in [0.717, 1.165) is 16.9 Å². The quantitative estimate of drug-likeness (QED) is 0.338. The summed E-state index contributed by atoms with van der Waals surface area (Å²) in [6.45, 7) is 1.90. The highest BCUT2D eigenvalue weighted by Gasteiger charge is 2.21. The predicted octanol–water partition coefficient (Wildman–Crippen LogP) is 3.05. The van der Waals surface area contributed by atoms with Crippen LogP contribution in [0.3, 0.4) is 0 Å². The molecule has 0 atom stereocenters. The van der Waals surface area contributed by atoms with Gasteiger partial charge in [-0.05, 0) is 29.8 Å². The maximum Gasteiger partial charge on any atom is 0.407 e. The summed E-state index contributed by atoms with van der Waals surface area (Å²) in [6, 6.07) is 10.9. The molecule has 1 aliphatic heterocycles. The normalized spacial score (nSPS) is 13.2. The van der Waals surface area contributed by atoms with Crippen molar-refractivity contribution in [2.45, 2.75) is 6.42 Å². The van der Waals surface area contributed by atoms with Crippen LogP contribution in [0.5, 0.6) is 0 Å².